The van der Waals surface area contributed by atoms with Gasteiger partial charge < -0.3 is 16.8 Å². The van der Waals surface area contributed by atoms with Crippen molar-refractivity contribution >= 4 is 17.6 Å². The number of benzene rings is 1. The van der Waals surface area contributed by atoms with Crippen molar-refractivity contribution in [1.29, 1.82) is 0 Å². The maximum Gasteiger partial charge on any atom is 0.416 e. The van der Waals surface area contributed by atoms with Crippen LogP contribution in [0.1, 0.15) is 16.7 Å². The van der Waals surface area contributed by atoms with E-state index in [4.69, 9.17) is 11.5 Å². The number of nitrogens with one attached hydrogen (secondary N) is 1. The van der Waals surface area contributed by atoms with Crippen LogP contribution in [0, 0.1) is 11.8 Å². The van der Waals surface area contributed by atoms with E-state index in [1.807, 2.05) is 0 Å². The minimum absolute atomic E-state index is 0.0211. The summed E-state index contributed by atoms with van der Waals surface area (Å²) in [5.74, 6) is 6.18. The molecule has 0 aliphatic rings. The zero-order valence-corrected chi connectivity index (χ0v) is 14.7. The SMILES string of the molecule is CNc1ccc(C#Cc2c(N)nc(N)nc2-c2cccc(C(F)(F)F)c2)cn1. The van der Waals surface area contributed by atoms with Crippen LogP contribution in [0.3, 0.4) is 0 Å². The van der Waals surface area contributed by atoms with Crippen molar-refractivity contribution in [2.45, 2.75) is 6.18 Å². The highest BCUT2D eigenvalue weighted by molar-refractivity contribution is 5.74. The molecule has 1 aromatic carbocycles. The number of hydrogen-bond acceptors (Lipinski definition) is 6. The molecule has 2 aromatic heterocycles. The lowest BCUT2D eigenvalue weighted by atomic mass is 10.0. The highest BCUT2D eigenvalue weighted by Crippen LogP contribution is 2.33. The number of nitrogens with two attached hydrogens (primary N) is 2. The van der Waals surface area contributed by atoms with E-state index in [-0.39, 0.29) is 28.6 Å². The maximum atomic E-state index is 13.1. The van der Waals surface area contributed by atoms with Gasteiger partial charge in [-0.1, -0.05) is 24.0 Å². The van der Waals surface area contributed by atoms with Gasteiger partial charge in [-0.3, -0.25) is 0 Å². The Morgan fingerprint density at radius 2 is 1.82 bits per heavy atom. The fourth-order valence-corrected chi connectivity index (χ4v) is 2.42. The van der Waals surface area contributed by atoms with Gasteiger partial charge in [-0.15, -0.1) is 0 Å². The molecule has 0 radical (unpaired) electrons. The molecule has 0 amide bonds. The lowest BCUT2D eigenvalue weighted by molar-refractivity contribution is -0.137. The highest BCUT2D eigenvalue weighted by Gasteiger charge is 2.30. The van der Waals surface area contributed by atoms with Crippen LogP contribution in [0.15, 0.2) is 42.6 Å². The van der Waals surface area contributed by atoms with Gasteiger partial charge in [-0.2, -0.15) is 18.2 Å². The standard InChI is InChI=1S/C19H15F3N6/c1-25-15-8-6-11(10-26-15)5-7-14-16(27-18(24)28-17(14)23)12-3-2-4-13(9-12)19(20,21)22/h2-4,6,8-10H,1H3,(H,25,26)(H4,23,24,27,28). The molecule has 0 saturated heterocycles. The Bertz CT molecular complexity index is 1070. The molecule has 3 rings (SSSR count). The third-order valence-corrected chi connectivity index (χ3v) is 3.77. The van der Waals surface area contributed by atoms with Crippen molar-refractivity contribution in [2.24, 2.45) is 0 Å². The van der Waals surface area contributed by atoms with Crippen LogP contribution in [0.5, 0.6) is 0 Å². The Morgan fingerprint density at radius 3 is 2.46 bits per heavy atom. The number of nitrogen functional groups attached to an aromatic ring is 2. The number of hydrogen-bond donors (Lipinski definition) is 3. The molecule has 0 atom stereocenters. The summed E-state index contributed by atoms with van der Waals surface area (Å²) in [6.07, 6.45) is -2.94. The third kappa shape index (κ3) is 4.12. The highest BCUT2D eigenvalue weighted by atomic mass is 19.4. The summed E-state index contributed by atoms with van der Waals surface area (Å²) in [6, 6.07) is 8.17. The third-order valence-electron chi connectivity index (χ3n) is 3.77. The fourth-order valence-electron chi connectivity index (χ4n) is 2.42. The second-order valence-electron chi connectivity index (χ2n) is 5.70. The van der Waals surface area contributed by atoms with Gasteiger partial charge in [0.05, 0.1) is 16.8 Å². The number of rotatable bonds is 2. The van der Waals surface area contributed by atoms with Crippen molar-refractivity contribution in [1.82, 2.24) is 15.0 Å². The van der Waals surface area contributed by atoms with Crippen molar-refractivity contribution in [3.8, 4) is 23.1 Å². The van der Waals surface area contributed by atoms with E-state index >= 15 is 0 Å². The Labute approximate surface area is 158 Å². The number of halogens is 3. The molecule has 9 heteroatoms. The normalized spacial score (nSPS) is 10.9. The minimum Gasteiger partial charge on any atom is -0.382 e. The molecule has 28 heavy (non-hydrogen) atoms. The van der Waals surface area contributed by atoms with Crippen LogP contribution >= 0.6 is 0 Å². The van der Waals surface area contributed by atoms with E-state index in [9.17, 15) is 13.2 Å². The van der Waals surface area contributed by atoms with Crippen LogP contribution in [-0.2, 0) is 6.18 Å². The number of alkyl halides is 3. The summed E-state index contributed by atoms with van der Waals surface area (Å²) in [6.45, 7) is 0. The Hall–Kier alpha value is -3.80. The van der Waals surface area contributed by atoms with Crippen molar-refractivity contribution < 1.29 is 13.2 Å². The summed E-state index contributed by atoms with van der Waals surface area (Å²) in [5, 5.41) is 2.89. The molecule has 6 nitrogen and oxygen atoms in total. The van der Waals surface area contributed by atoms with E-state index in [1.165, 1.54) is 12.1 Å². The van der Waals surface area contributed by atoms with E-state index in [0.29, 0.717) is 11.4 Å². The number of aromatic nitrogens is 3. The first-order valence-electron chi connectivity index (χ1n) is 8.04. The predicted octanol–water partition coefficient (Wildman–Crippen LogP) is 3.16. The quantitative estimate of drug-likeness (QED) is 0.587. The lowest BCUT2D eigenvalue weighted by Gasteiger charge is -2.11. The smallest absolute Gasteiger partial charge is 0.382 e. The van der Waals surface area contributed by atoms with E-state index in [2.05, 4.69) is 32.1 Å². The van der Waals surface area contributed by atoms with E-state index in [0.717, 1.165) is 12.1 Å². The van der Waals surface area contributed by atoms with Gasteiger partial charge in [-0.25, -0.2) is 9.97 Å². The molecule has 3 aromatic rings. The molecule has 0 aliphatic carbocycles. The van der Waals surface area contributed by atoms with Gasteiger partial charge in [0, 0.05) is 24.4 Å². The summed E-state index contributed by atoms with van der Waals surface area (Å²) in [4.78, 5) is 12.1. The van der Waals surface area contributed by atoms with Gasteiger partial charge in [0.25, 0.3) is 0 Å². The molecule has 142 valence electrons. The first-order chi connectivity index (χ1) is 13.3. The predicted molar refractivity (Wildman–Crippen MR) is 101 cm³/mol. The van der Waals surface area contributed by atoms with Crippen LogP contribution in [0.2, 0.25) is 0 Å². The minimum atomic E-state index is -4.49. The van der Waals surface area contributed by atoms with Crippen molar-refractivity contribution in [2.75, 3.05) is 23.8 Å². The largest absolute Gasteiger partial charge is 0.416 e. The molecule has 0 spiro atoms. The fraction of sp³-hybridized carbons (Fsp3) is 0.105. The average Bonchev–Trinajstić information content (AvgIpc) is 2.66. The molecule has 0 fully saturated rings. The summed E-state index contributed by atoms with van der Waals surface area (Å²) >= 11 is 0. The monoisotopic (exact) mass is 384 g/mol. The summed E-state index contributed by atoms with van der Waals surface area (Å²) in [5.41, 5.74) is 11.8. The first-order valence-corrected chi connectivity index (χ1v) is 8.04. The molecule has 0 bridgehead atoms. The van der Waals surface area contributed by atoms with Crippen LogP contribution in [0.4, 0.5) is 30.8 Å². The summed E-state index contributed by atoms with van der Waals surface area (Å²) in [7, 11) is 1.74. The molecular formula is C19H15F3N6. The van der Waals surface area contributed by atoms with Gasteiger partial charge in [-0.05, 0) is 24.3 Å². The topological polar surface area (TPSA) is 103 Å². The molecular weight excluding hydrogens is 369 g/mol. The van der Waals surface area contributed by atoms with Crippen LogP contribution in [-0.4, -0.2) is 22.0 Å². The number of pyridine rings is 1. The van der Waals surface area contributed by atoms with E-state index < -0.39 is 11.7 Å². The molecule has 5 N–H and O–H groups in total. The number of nitrogens with zero attached hydrogens (tertiary/aromatic N) is 3. The Morgan fingerprint density at radius 1 is 1.04 bits per heavy atom. The van der Waals surface area contributed by atoms with Crippen LogP contribution < -0.4 is 16.8 Å². The molecule has 0 aliphatic heterocycles. The lowest BCUT2D eigenvalue weighted by Crippen LogP contribution is -2.07. The first kappa shape index (κ1) is 19.0. The second-order valence-corrected chi connectivity index (χ2v) is 5.70. The Balaban J connectivity index is 2.10. The van der Waals surface area contributed by atoms with Gasteiger partial charge in [0.15, 0.2) is 0 Å². The van der Waals surface area contributed by atoms with Gasteiger partial charge in [0.2, 0.25) is 5.95 Å². The maximum absolute atomic E-state index is 13.1. The van der Waals surface area contributed by atoms with Gasteiger partial charge in [0.1, 0.15) is 11.6 Å². The van der Waals surface area contributed by atoms with Crippen molar-refractivity contribution in [3.63, 3.8) is 0 Å². The molecule has 2 heterocycles. The summed E-state index contributed by atoms with van der Waals surface area (Å²) < 4.78 is 39.2. The second kappa shape index (κ2) is 7.44. The number of anilines is 3. The zero-order valence-electron chi connectivity index (χ0n) is 14.7. The van der Waals surface area contributed by atoms with Gasteiger partial charge >= 0.3 is 6.18 Å². The van der Waals surface area contributed by atoms with E-state index in [1.54, 1.807) is 25.4 Å². The molecule has 0 unspecified atom stereocenters. The zero-order chi connectivity index (χ0) is 20.3. The Kier molecular flexibility index (Phi) is 5.04. The average molecular weight is 384 g/mol. The van der Waals surface area contributed by atoms with Crippen LogP contribution in [0.25, 0.3) is 11.3 Å². The molecule has 0 saturated carbocycles. The van der Waals surface area contributed by atoms with Crippen molar-refractivity contribution in [3.05, 3.63) is 59.3 Å².